The van der Waals surface area contributed by atoms with Crippen molar-refractivity contribution in [2.45, 2.75) is 23.9 Å². The number of carbonyl (C=O) groups is 1. The third-order valence-electron chi connectivity index (χ3n) is 4.64. The van der Waals surface area contributed by atoms with Crippen LogP contribution in [0.5, 0.6) is 0 Å². The van der Waals surface area contributed by atoms with Gasteiger partial charge >= 0.3 is 0 Å². The highest BCUT2D eigenvalue weighted by Crippen LogP contribution is 2.26. The number of nitrogens with one attached hydrogen (secondary N) is 1. The van der Waals surface area contributed by atoms with Crippen molar-refractivity contribution in [1.82, 2.24) is 10.2 Å². The molecule has 27 heavy (non-hydrogen) atoms. The van der Waals surface area contributed by atoms with Gasteiger partial charge in [0.1, 0.15) is 5.82 Å². The second-order valence-corrected chi connectivity index (χ2v) is 7.60. The second-order valence-electron chi connectivity index (χ2n) is 6.58. The zero-order valence-corrected chi connectivity index (χ0v) is 16.3. The van der Waals surface area contributed by atoms with Crippen LogP contribution in [-0.2, 0) is 9.53 Å². The number of rotatable bonds is 7. The lowest BCUT2D eigenvalue weighted by Crippen LogP contribution is -2.48. The van der Waals surface area contributed by atoms with Crippen LogP contribution in [0.2, 0.25) is 0 Å². The van der Waals surface area contributed by atoms with Crippen LogP contribution in [-0.4, -0.2) is 48.9 Å². The third kappa shape index (κ3) is 5.54. The minimum atomic E-state index is -0.293. The highest BCUT2D eigenvalue weighted by atomic mass is 32.2. The van der Waals surface area contributed by atoms with Crippen LogP contribution in [0.25, 0.3) is 0 Å². The highest BCUT2D eigenvalue weighted by Gasteiger charge is 2.28. The smallest absolute Gasteiger partial charge is 0.230 e. The number of carbonyl (C=O) groups excluding carboxylic acids is 1. The van der Waals surface area contributed by atoms with Crippen molar-refractivity contribution in [2.75, 3.05) is 32.1 Å². The molecule has 1 N–H and O–H groups in total. The van der Waals surface area contributed by atoms with Gasteiger partial charge in [0, 0.05) is 24.0 Å². The molecular formula is C21H25FN2O2S. The van der Waals surface area contributed by atoms with E-state index in [0.717, 1.165) is 13.1 Å². The van der Waals surface area contributed by atoms with Crippen molar-refractivity contribution in [3.05, 3.63) is 66.0 Å². The van der Waals surface area contributed by atoms with E-state index in [4.69, 9.17) is 4.74 Å². The quantitative estimate of drug-likeness (QED) is 0.737. The van der Waals surface area contributed by atoms with Gasteiger partial charge in [-0.3, -0.25) is 9.69 Å². The number of ether oxygens (including phenoxy) is 1. The van der Waals surface area contributed by atoms with Crippen molar-refractivity contribution in [3.63, 3.8) is 0 Å². The van der Waals surface area contributed by atoms with Gasteiger partial charge in [-0.1, -0.05) is 42.5 Å². The molecule has 1 aliphatic heterocycles. The summed E-state index contributed by atoms with van der Waals surface area (Å²) in [5.74, 6) is -0.195. The molecule has 2 aromatic rings. The van der Waals surface area contributed by atoms with Gasteiger partial charge in [-0.05, 0) is 24.6 Å². The van der Waals surface area contributed by atoms with E-state index in [2.05, 4.69) is 22.3 Å². The molecule has 0 bridgehead atoms. The summed E-state index contributed by atoms with van der Waals surface area (Å²) in [4.78, 5) is 15.3. The van der Waals surface area contributed by atoms with Crippen molar-refractivity contribution >= 4 is 17.7 Å². The Hall–Kier alpha value is -1.89. The van der Waals surface area contributed by atoms with Crippen molar-refractivity contribution in [2.24, 2.45) is 0 Å². The predicted octanol–water partition coefficient (Wildman–Crippen LogP) is 3.50. The van der Waals surface area contributed by atoms with Crippen LogP contribution >= 0.6 is 11.8 Å². The number of morpholine rings is 1. The minimum Gasteiger partial charge on any atom is -0.379 e. The number of benzene rings is 2. The first kappa shape index (κ1) is 19.9. The molecule has 144 valence electrons. The van der Waals surface area contributed by atoms with Crippen LogP contribution in [0.1, 0.15) is 18.5 Å². The Balaban J connectivity index is 1.64. The summed E-state index contributed by atoms with van der Waals surface area (Å²) >= 11 is 1.22. The van der Waals surface area contributed by atoms with Gasteiger partial charge in [-0.25, -0.2) is 4.39 Å². The van der Waals surface area contributed by atoms with E-state index < -0.39 is 0 Å². The van der Waals surface area contributed by atoms with Crippen LogP contribution in [0, 0.1) is 5.82 Å². The molecule has 4 nitrogen and oxygen atoms in total. The van der Waals surface area contributed by atoms with E-state index in [1.165, 1.54) is 23.4 Å². The van der Waals surface area contributed by atoms with Gasteiger partial charge in [0.25, 0.3) is 0 Å². The molecule has 3 rings (SSSR count). The van der Waals surface area contributed by atoms with Crippen molar-refractivity contribution in [1.29, 1.82) is 0 Å². The average molecular weight is 389 g/mol. The Bertz CT molecular complexity index is 738. The molecule has 0 aliphatic carbocycles. The predicted molar refractivity (Wildman–Crippen MR) is 106 cm³/mol. The maximum atomic E-state index is 13.7. The summed E-state index contributed by atoms with van der Waals surface area (Å²) in [5, 5.41) is 3.10. The number of halogens is 1. The first-order valence-corrected chi connectivity index (χ1v) is 10.2. The van der Waals surface area contributed by atoms with Gasteiger partial charge in [-0.15, -0.1) is 11.8 Å². The Morgan fingerprint density at radius 3 is 2.52 bits per heavy atom. The minimum absolute atomic E-state index is 0.0702. The molecule has 0 saturated carbocycles. The summed E-state index contributed by atoms with van der Waals surface area (Å²) in [6.45, 7) is 5.10. The zero-order valence-electron chi connectivity index (χ0n) is 15.4. The molecule has 1 saturated heterocycles. The summed E-state index contributed by atoms with van der Waals surface area (Å²) in [7, 11) is 0. The molecule has 0 radical (unpaired) electrons. The summed E-state index contributed by atoms with van der Waals surface area (Å²) < 4.78 is 19.2. The fraction of sp³-hybridized carbons (Fsp3) is 0.381. The SMILES string of the molecule is C[C@H](NC(=O)CSc1ccccc1F)[C@H](c1ccccc1)N1CCOCC1. The van der Waals surface area contributed by atoms with Gasteiger partial charge in [0.2, 0.25) is 5.91 Å². The molecule has 0 aromatic heterocycles. The second kappa shape index (κ2) is 9.88. The molecule has 0 unspecified atom stereocenters. The molecule has 1 amide bonds. The largest absolute Gasteiger partial charge is 0.379 e. The maximum Gasteiger partial charge on any atom is 0.230 e. The van der Waals surface area contributed by atoms with E-state index in [-0.39, 0.29) is 29.6 Å². The summed E-state index contributed by atoms with van der Waals surface area (Å²) in [6, 6.07) is 16.8. The Morgan fingerprint density at radius 2 is 1.81 bits per heavy atom. The first-order chi connectivity index (χ1) is 13.1. The van der Waals surface area contributed by atoms with Crippen LogP contribution < -0.4 is 5.32 Å². The molecule has 6 heteroatoms. The van der Waals surface area contributed by atoms with Crippen molar-refractivity contribution < 1.29 is 13.9 Å². The maximum absolute atomic E-state index is 13.7. The van der Waals surface area contributed by atoms with Crippen LogP contribution in [0.3, 0.4) is 0 Å². The first-order valence-electron chi connectivity index (χ1n) is 9.18. The van der Waals surface area contributed by atoms with Gasteiger partial charge in [0.05, 0.1) is 25.0 Å². The van der Waals surface area contributed by atoms with Gasteiger partial charge < -0.3 is 10.1 Å². The summed E-state index contributed by atoms with van der Waals surface area (Å²) in [5.41, 5.74) is 1.17. The van der Waals surface area contributed by atoms with E-state index in [9.17, 15) is 9.18 Å². The molecule has 2 aromatic carbocycles. The van der Waals surface area contributed by atoms with Crippen LogP contribution in [0.15, 0.2) is 59.5 Å². The van der Waals surface area contributed by atoms with Gasteiger partial charge in [-0.2, -0.15) is 0 Å². The standard InChI is InChI=1S/C21H25FN2O2S/c1-16(23-20(25)15-27-19-10-6-5-9-18(19)22)21(17-7-3-2-4-8-17)24-11-13-26-14-12-24/h2-10,16,21H,11-15H2,1H3,(H,23,25)/t16-,21+/m0/s1. The number of nitrogens with zero attached hydrogens (tertiary/aromatic N) is 1. The van der Waals surface area contributed by atoms with E-state index >= 15 is 0 Å². The molecular weight excluding hydrogens is 363 g/mol. The molecule has 1 heterocycles. The van der Waals surface area contributed by atoms with E-state index in [1.807, 2.05) is 25.1 Å². The number of thioether (sulfide) groups is 1. The molecule has 2 atom stereocenters. The van der Waals surface area contributed by atoms with Crippen molar-refractivity contribution in [3.8, 4) is 0 Å². The highest BCUT2D eigenvalue weighted by molar-refractivity contribution is 8.00. The van der Waals surface area contributed by atoms with E-state index in [1.54, 1.807) is 18.2 Å². The number of hydrogen-bond donors (Lipinski definition) is 1. The zero-order chi connectivity index (χ0) is 19.1. The third-order valence-corrected chi connectivity index (χ3v) is 5.69. The molecule has 1 fully saturated rings. The molecule has 0 spiro atoms. The Morgan fingerprint density at radius 1 is 1.15 bits per heavy atom. The normalized spacial score (nSPS) is 17.3. The lowest BCUT2D eigenvalue weighted by atomic mass is 9.98. The lowest BCUT2D eigenvalue weighted by Gasteiger charge is -2.38. The number of hydrogen-bond acceptors (Lipinski definition) is 4. The topological polar surface area (TPSA) is 41.6 Å². The van der Waals surface area contributed by atoms with E-state index in [0.29, 0.717) is 18.1 Å². The molecule has 1 aliphatic rings. The Labute approximate surface area is 164 Å². The monoisotopic (exact) mass is 388 g/mol. The fourth-order valence-corrected chi connectivity index (χ4v) is 4.15. The summed E-state index contributed by atoms with van der Waals surface area (Å²) in [6.07, 6.45) is 0. The lowest BCUT2D eigenvalue weighted by molar-refractivity contribution is -0.119. The average Bonchev–Trinajstić information content (AvgIpc) is 2.69. The number of amides is 1. The van der Waals surface area contributed by atoms with Gasteiger partial charge in [0.15, 0.2) is 0 Å². The Kier molecular flexibility index (Phi) is 7.26. The van der Waals surface area contributed by atoms with Crippen LogP contribution in [0.4, 0.5) is 4.39 Å². The fourth-order valence-electron chi connectivity index (χ4n) is 3.40.